The Kier molecular flexibility index (Phi) is 4.43. The molecule has 2 rings (SSSR count). The Morgan fingerprint density at radius 2 is 2.25 bits per heavy atom. The number of hydrogen-bond donors (Lipinski definition) is 1. The second kappa shape index (κ2) is 6.08. The van der Waals surface area contributed by atoms with Crippen molar-refractivity contribution < 1.29 is 9.90 Å². The van der Waals surface area contributed by atoms with Crippen molar-refractivity contribution in [3.63, 3.8) is 0 Å². The van der Waals surface area contributed by atoms with Crippen LogP contribution in [-0.2, 0) is 18.4 Å². The second-order valence-electron chi connectivity index (χ2n) is 4.75. The number of nitrogens with zero attached hydrogens (tertiary/aromatic N) is 5. The molecule has 0 aliphatic carbocycles. The molecule has 0 spiro atoms. The minimum absolute atomic E-state index is 0.00658. The van der Waals surface area contributed by atoms with E-state index in [1.165, 1.54) is 11.8 Å². The van der Waals surface area contributed by atoms with Gasteiger partial charge in [-0.15, -0.1) is 10.2 Å². The van der Waals surface area contributed by atoms with Gasteiger partial charge in [-0.3, -0.25) is 4.79 Å². The molecule has 108 valence electrons. The summed E-state index contributed by atoms with van der Waals surface area (Å²) in [5.74, 6) is 0.249. The average Bonchev–Trinajstić information content (AvgIpc) is 2.95. The minimum atomic E-state index is -0.852. The minimum Gasteiger partial charge on any atom is -0.481 e. The van der Waals surface area contributed by atoms with E-state index in [1.807, 2.05) is 16.2 Å². The van der Waals surface area contributed by atoms with Gasteiger partial charge in [0.25, 0.3) is 0 Å². The maximum Gasteiger partial charge on any atom is 0.313 e. The molecule has 0 aromatic carbocycles. The lowest BCUT2D eigenvalue weighted by atomic mass is 10.1. The van der Waals surface area contributed by atoms with Crippen LogP contribution in [0.3, 0.4) is 0 Å². The zero-order valence-electron chi connectivity index (χ0n) is 11.6. The van der Waals surface area contributed by atoms with E-state index in [4.69, 9.17) is 5.11 Å². The first-order chi connectivity index (χ1) is 9.49. The fourth-order valence-corrected chi connectivity index (χ4v) is 2.53. The van der Waals surface area contributed by atoms with Gasteiger partial charge in [-0.1, -0.05) is 25.6 Å². The van der Waals surface area contributed by atoms with Gasteiger partial charge in [0.15, 0.2) is 11.0 Å². The molecule has 0 fully saturated rings. The number of imidazole rings is 1. The molecule has 8 heteroatoms. The van der Waals surface area contributed by atoms with Gasteiger partial charge in [0.1, 0.15) is 6.33 Å². The van der Waals surface area contributed by atoms with Crippen molar-refractivity contribution in [2.75, 3.05) is 5.75 Å². The molecular weight excluding hydrogens is 278 g/mol. The lowest BCUT2D eigenvalue weighted by molar-refractivity contribution is -0.133. The monoisotopic (exact) mass is 295 g/mol. The fraction of sp³-hybridized carbons (Fsp3) is 0.500. The number of thioether (sulfide) groups is 1. The summed E-state index contributed by atoms with van der Waals surface area (Å²) in [5, 5.41) is 17.4. The molecule has 0 amide bonds. The molecule has 0 unspecified atom stereocenters. The summed E-state index contributed by atoms with van der Waals surface area (Å²) in [6.45, 7) is 4.69. The van der Waals surface area contributed by atoms with Crippen LogP contribution < -0.4 is 0 Å². The summed E-state index contributed by atoms with van der Waals surface area (Å²) in [7, 11) is 1.88. The number of carboxylic acids is 1. The molecule has 0 saturated heterocycles. The predicted octanol–water partition coefficient (Wildman–Crippen LogP) is 1.36. The Balaban J connectivity index is 2.29. The van der Waals surface area contributed by atoms with Crippen LogP contribution in [0.15, 0.2) is 17.7 Å². The van der Waals surface area contributed by atoms with Crippen LogP contribution in [0.5, 0.6) is 0 Å². The van der Waals surface area contributed by atoms with Gasteiger partial charge in [0, 0.05) is 18.9 Å². The summed E-state index contributed by atoms with van der Waals surface area (Å²) < 4.78 is 3.85. The number of aromatic nitrogens is 5. The highest BCUT2D eigenvalue weighted by Gasteiger charge is 2.16. The zero-order valence-corrected chi connectivity index (χ0v) is 12.5. The number of hydrogen-bond acceptors (Lipinski definition) is 5. The smallest absolute Gasteiger partial charge is 0.313 e. The van der Waals surface area contributed by atoms with Gasteiger partial charge >= 0.3 is 5.97 Å². The summed E-state index contributed by atoms with van der Waals surface area (Å²) >= 11 is 1.22. The van der Waals surface area contributed by atoms with E-state index in [9.17, 15) is 4.79 Å². The molecule has 20 heavy (non-hydrogen) atoms. The van der Waals surface area contributed by atoms with Gasteiger partial charge in [-0.05, 0) is 5.92 Å². The van der Waals surface area contributed by atoms with Crippen molar-refractivity contribution in [2.45, 2.75) is 31.5 Å². The van der Waals surface area contributed by atoms with Crippen molar-refractivity contribution in [3.05, 3.63) is 24.0 Å². The molecule has 2 aromatic heterocycles. The summed E-state index contributed by atoms with van der Waals surface area (Å²) in [6.07, 6.45) is 3.44. The Morgan fingerprint density at radius 3 is 2.80 bits per heavy atom. The van der Waals surface area contributed by atoms with Crippen LogP contribution >= 0.6 is 11.8 Å². The van der Waals surface area contributed by atoms with Crippen LogP contribution in [0, 0.1) is 0 Å². The van der Waals surface area contributed by atoms with Crippen LogP contribution in [-0.4, -0.2) is 41.1 Å². The van der Waals surface area contributed by atoms with Gasteiger partial charge in [0.2, 0.25) is 0 Å². The maximum atomic E-state index is 10.7. The first kappa shape index (κ1) is 14.6. The molecule has 2 aromatic rings. The number of aliphatic carboxylic acids is 1. The third kappa shape index (κ3) is 3.19. The van der Waals surface area contributed by atoms with E-state index < -0.39 is 5.97 Å². The van der Waals surface area contributed by atoms with Crippen LogP contribution in [0.4, 0.5) is 0 Å². The number of rotatable bonds is 6. The SMILES string of the molecule is CC(C)c1cnc(SCC(=O)O)n1Cc1nncn1C. The van der Waals surface area contributed by atoms with Crippen molar-refractivity contribution in [1.29, 1.82) is 0 Å². The topological polar surface area (TPSA) is 85.8 Å². The number of aryl methyl sites for hydroxylation is 1. The van der Waals surface area contributed by atoms with Crippen molar-refractivity contribution in [2.24, 2.45) is 7.05 Å². The molecule has 2 heterocycles. The highest BCUT2D eigenvalue weighted by molar-refractivity contribution is 7.99. The Hall–Kier alpha value is -1.83. The normalized spacial score (nSPS) is 11.2. The van der Waals surface area contributed by atoms with E-state index >= 15 is 0 Å². The Bertz CT molecular complexity index is 605. The molecule has 0 aliphatic heterocycles. The predicted molar refractivity (Wildman–Crippen MR) is 74.8 cm³/mol. The van der Waals surface area contributed by atoms with E-state index in [0.29, 0.717) is 17.6 Å². The zero-order chi connectivity index (χ0) is 14.7. The van der Waals surface area contributed by atoms with E-state index in [0.717, 1.165) is 11.5 Å². The van der Waals surface area contributed by atoms with E-state index in [-0.39, 0.29) is 5.75 Å². The molecule has 7 nitrogen and oxygen atoms in total. The third-order valence-corrected chi connectivity index (χ3v) is 3.85. The summed E-state index contributed by atoms with van der Waals surface area (Å²) in [6, 6.07) is 0. The molecule has 0 atom stereocenters. The molecular formula is C12H17N5O2S. The average molecular weight is 295 g/mol. The molecule has 0 aliphatic rings. The summed E-state index contributed by atoms with van der Waals surface area (Å²) in [5.41, 5.74) is 1.06. The number of carbonyl (C=O) groups is 1. The highest BCUT2D eigenvalue weighted by Crippen LogP contribution is 2.24. The van der Waals surface area contributed by atoms with Crippen molar-refractivity contribution >= 4 is 17.7 Å². The van der Waals surface area contributed by atoms with Crippen molar-refractivity contribution in [3.8, 4) is 0 Å². The summed E-state index contributed by atoms with van der Waals surface area (Å²) in [4.78, 5) is 15.0. The number of carboxylic acid groups (broad SMARTS) is 1. The van der Waals surface area contributed by atoms with Crippen LogP contribution in [0.1, 0.15) is 31.3 Å². The maximum absolute atomic E-state index is 10.7. The highest BCUT2D eigenvalue weighted by atomic mass is 32.2. The Labute approximate surface area is 121 Å². The van der Waals surface area contributed by atoms with Gasteiger partial charge in [0.05, 0.1) is 12.3 Å². The van der Waals surface area contributed by atoms with E-state index in [2.05, 4.69) is 29.0 Å². The van der Waals surface area contributed by atoms with Gasteiger partial charge in [-0.25, -0.2) is 4.98 Å². The molecule has 0 radical (unpaired) electrons. The first-order valence-electron chi connectivity index (χ1n) is 6.22. The quantitative estimate of drug-likeness (QED) is 0.810. The Morgan fingerprint density at radius 1 is 1.50 bits per heavy atom. The second-order valence-corrected chi connectivity index (χ2v) is 5.69. The van der Waals surface area contributed by atoms with Gasteiger partial charge in [-0.2, -0.15) is 0 Å². The first-order valence-corrected chi connectivity index (χ1v) is 7.20. The largest absolute Gasteiger partial charge is 0.481 e. The lowest BCUT2D eigenvalue weighted by Crippen LogP contribution is -2.11. The lowest BCUT2D eigenvalue weighted by Gasteiger charge is -2.12. The fourth-order valence-electron chi connectivity index (χ4n) is 1.82. The molecule has 0 saturated carbocycles. The van der Waals surface area contributed by atoms with Crippen LogP contribution in [0.2, 0.25) is 0 Å². The van der Waals surface area contributed by atoms with Crippen LogP contribution in [0.25, 0.3) is 0 Å². The van der Waals surface area contributed by atoms with E-state index in [1.54, 1.807) is 12.5 Å². The van der Waals surface area contributed by atoms with Crippen molar-refractivity contribution in [1.82, 2.24) is 24.3 Å². The standard InChI is InChI=1S/C12H17N5O2S/c1-8(2)9-4-13-12(20-6-11(18)19)17(9)5-10-15-14-7-16(10)3/h4,7-8H,5-6H2,1-3H3,(H,18,19). The molecule has 1 N–H and O–H groups in total. The van der Waals surface area contributed by atoms with Gasteiger partial charge < -0.3 is 14.2 Å². The molecule has 0 bridgehead atoms. The third-order valence-electron chi connectivity index (χ3n) is 2.87.